The maximum Gasteiger partial charge on any atom is 0.269 e. The van der Waals surface area contributed by atoms with Crippen molar-refractivity contribution in [2.75, 3.05) is 0 Å². The van der Waals surface area contributed by atoms with Crippen LogP contribution in [0.5, 0.6) is 0 Å². The largest absolute Gasteiger partial charge is 0.269 e. The highest BCUT2D eigenvalue weighted by Gasteiger charge is 2.04. The van der Waals surface area contributed by atoms with Crippen LogP contribution < -0.4 is 0 Å². The molecule has 0 fully saturated rings. The van der Waals surface area contributed by atoms with E-state index >= 15 is 0 Å². The number of aryl methyl sites for hydroxylation is 1. The molecule has 0 bridgehead atoms. The van der Waals surface area contributed by atoms with Crippen molar-refractivity contribution in [1.29, 1.82) is 0 Å². The molecule has 3 rings (SSSR count). The Balaban J connectivity index is 1.93. The molecule has 0 aliphatic heterocycles. The molecule has 128 valence electrons. The highest BCUT2D eigenvalue weighted by molar-refractivity contribution is 6.06. The van der Waals surface area contributed by atoms with Gasteiger partial charge < -0.3 is 0 Å². The fourth-order valence-corrected chi connectivity index (χ4v) is 2.31. The van der Waals surface area contributed by atoms with Crippen LogP contribution in [-0.2, 0) is 0 Å². The van der Waals surface area contributed by atoms with Crippen molar-refractivity contribution in [1.82, 2.24) is 0 Å². The second kappa shape index (κ2) is 7.98. The summed E-state index contributed by atoms with van der Waals surface area (Å²) in [4.78, 5) is 19.5. The number of benzene rings is 3. The monoisotopic (exact) mass is 343 g/mol. The van der Waals surface area contributed by atoms with Gasteiger partial charge in [-0.2, -0.15) is 0 Å². The lowest BCUT2D eigenvalue weighted by molar-refractivity contribution is -0.384. The van der Waals surface area contributed by atoms with Crippen molar-refractivity contribution in [2.45, 2.75) is 6.92 Å². The van der Waals surface area contributed by atoms with Gasteiger partial charge in [0.2, 0.25) is 0 Å². The third kappa shape index (κ3) is 4.48. The standard InChI is InChI=1S/C21H17N3O2/c1-16-7-11-19(12-8-16)23-21(18-5-3-2-4-6-18)22-15-17-9-13-20(14-10-17)24(25)26/h2-15H,1H3. The molecule has 0 unspecified atom stereocenters. The molecule has 0 aliphatic rings. The summed E-state index contributed by atoms with van der Waals surface area (Å²) in [5, 5.41) is 10.7. The van der Waals surface area contributed by atoms with Crippen LogP contribution in [0.4, 0.5) is 11.4 Å². The summed E-state index contributed by atoms with van der Waals surface area (Å²) < 4.78 is 0. The van der Waals surface area contributed by atoms with Gasteiger partial charge in [0.15, 0.2) is 5.84 Å². The van der Waals surface area contributed by atoms with Crippen LogP contribution in [0.2, 0.25) is 0 Å². The second-order valence-electron chi connectivity index (χ2n) is 5.74. The molecular formula is C21H17N3O2. The highest BCUT2D eigenvalue weighted by atomic mass is 16.6. The minimum atomic E-state index is -0.421. The number of aliphatic imine (C=N–C) groups is 2. The zero-order chi connectivity index (χ0) is 18.4. The zero-order valence-electron chi connectivity index (χ0n) is 14.2. The van der Waals surface area contributed by atoms with Gasteiger partial charge in [-0.15, -0.1) is 0 Å². The molecule has 0 spiro atoms. The first-order chi connectivity index (χ1) is 12.6. The number of non-ortho nitro benzene ring substituents is 1. The number of hydrogen-bond acceptors (Lipinski definition) is 3. The summed E-state index contributed by atoms with van der Waals surface area (Å²) >= 11 is 0. The Kier molecular flexibility index (Phi) is 5.29. The van der Waals surface area contributed by atoms with E-state index in [0.717, 1.165) is 16.8 Å². The Hall–Kier alpha value is -3.60. The van der Waals surface area contributed by atoms with Gasteiger partial charge in [0, 0.05) is 23.9 Å². The molecular weight excluding hydrogens is 326 g/mol. The summed E-state index contributed by atoms with van der Waals surface area (Å²) in [5.41, 5.74) is 3.70. The predicted molar refractivity (Wildman–Crippen MR) is 105 cm³/mol. The van der Waals surface area contributed by atoms with Crippen LogP contribution in [0.25, 0.3) is 0 Å². The van der Waals surface area contributed by atoms with Crippen LogP contribution in [0.1, 0.15) is 16.7 Å². The third-order valence-electron chi connectivity index (χ3n) is 3.74. The molecule has 0 atom stereocenters. The van der Waals surface area contributed by atoms with Crippen LogP contribution in [0, 0.1) is 17.0 Å². The number of nitrogens with zero attached hydrogens (tertiary/aromatic N) is 3. The highest BCUT2D eigenvalue weighted by Crippen LogP contribution is 2.16. The van der Waals surface area contributed by atoms with Crippen LogP contribution in [0.3, 0.4) is 0 Å². The van der Waals surface area contributed by atoms with Gasteiger partial charge in [-0.3, -0.25) is 10.1 Å². The van der Waals surface area contributed by atoms with E-state index in [1.807, 2.05) is 61.5 Å². The number of nitro groups is 1. The van der Waals surface area contributed by atoms with Crippen molar-refractivity contribution in [3.63, 3.8) is 0 Å². The number of rotatable bonds is 4. The molecule has 5 nitrogen and oxygen atoms in total. The van der Waals surface area contributed by atoms with Gasteiger partial charge in [0.1, 0.15) is 0 Å². The molecule has 0 aromatic heterocycles. The van der Waals surface area contributed by atoms with Crippen molar-refractivity contribution in [2.24, 2.45) is 9.98 Å². The van der Waals surface area contributed by atoms with Crippen LogP contribution in [0.15, 0.2) is 88.8 Å². The molecule has 3 aromatic rings. The van der Waals surface area contributed by atoms with E-state index in [4.69, 9.17) is 0 Å². The maximum absolute atomic E-state index is 10.7. The van der Waals surface area contributed by atoms with Crippen LogP contribution in [-0.4, -0.2) is 17.0 Å². The van der Waals surface area contributed by atoms with Gasteiger partial charge in [-0.05, 0) is 36.8 Å². The molecule has 0 heterocycles. The molecule has 0 N–H and O–H groups in total. The van der Waals surface area contributed by atoms with Gasteiger partial charge in [0.25, 0.3) is 5.69 Å². The van der Waals surface area contributed by atoms with E-state index in [-0.39, 0.29) is 5.69 Å². The average Bonchev–Trinajstić information content (AvgIpc) is 2.67. The van der Waals surface area contributed by atoms with E-state index in [1.54, 1.807) is 18.3 Å². The molecule has 0 aliphatic carbocycles. The summed E-state index contributed by atoms with van der Waals surface area (Å²) in [6.45, 7) is 2.03. The quantitative estimate of drug-likeness (QED) is 0.286. The Bertz CT molecular complexity index is 945. The summed E-state index contributed by atoms with van der Waals surface area (Å²) in [6, 6.07) is 23.8. The Morgan fingerprint density at radius 2 is 1.58 bits per heavy atom. The molecule has 0 saturated heterocycles. The average molecular weight is 343 g/mol. The topological polar surface area (TPSA) is 67.9 Å². The van der Waals surface area contributed by atoms with Gasteiger partial charge in [-0.1, -0.05) is 48.0 Å². The lowest BCUT2D eigenvalue weighted by atomic mass is 10.2. The summed E-state index contributed by atoms with van der Waals surface area (Å²) in [7, 11) is 0. The van der Waals surface area contributed by atoms with Crippen molar-refractivity contribution in [3.8, 4) is 0 Å². The number of amidine groups is 1. The zero-order valence-corrected chi connectivity index (χ0v) is 14.2. The predicted octanol–water partition coefficient (Wildman–Crippen LogP) is 5.10. The minimum absolute atomic E-state index is 0.0544. The first-order valence-electron chi connectivity index (χ1n) is 8.11. The van der Waals surface area contributed by atoms with Crippen molar-refractivity contribution >= 4 is 23.4 Å². The molecule has 0 saturated carbocycles. The third-order valence-corrected chi connectivity index (χ3v) is 3.74. The SMILES string of the molecule is Cc1ccc(N=C(N=Cc2ccc([N+](=O)[O-])cc2)c2ccccc2)cc1. The van der Waals surface area contributed by atoms with Crippen molar-refractivity contribution < 1.29 is 4.92 Å². The van der Waals surface area contributed by atoms with E-state index in [9.17, 15) is 10.1 Å². The molecule has 26 heavy (non-hydrogen) atoms. The first-order valence-corrected chi connectivity index (χ1v) is 8.11. The fourth-order valence-electron chi connectivity index (χ4n) is 2.31. The molecule has 0 radical (unpaired) electrons. The van der Waals surface area contributed by atoms with E-state index in [2.05, 4.69) is 9.98 Å². The Morgan fingerprint density at radius 3 is 2.19 bits per heavy atom. The van der Waals surface area contributed by atoms with Crippen LogP contribution >= 0.6 is 0 Å². The van der Waals surface area contributed by atoms with E-state index < -0.39 is 4.92 Å². The van der Waals surface area contributed by atoms with E-state index in [0.29, 0.717) is 5.84 Å². The maximum atomic E-state index is 10.7. The number of hydrogen-bond donors (Lipinski definition) is 0. The number of nitro benzene ring substituents is 1. The Morgan fingerprint density at radius 1 is 0.923 bits per heavy atom. The normalized spacial score (nSPS) is 11.7. The Labute approximate surface area is 151 Å². The summed E-state index contributed by atoms with van der Waals surface area (Å²) in [6.07, 6.45) is 1.66. The first kappa shape index (κ1) is 17.2. The summed E-state index contributed by atoms with van der Waals surface area (Å²) in [5.74, 6) is 0.577. The van der Waals surface area contributed by atoms with Gasteiger partial charge >= 0.3 is 0 Å². The van der Waals surface area contributed by atoms with Gasteiger partial charge in [0.05, 0.1) is 10.6 Å². The van der Waals surface area contributed by atoms with Gasteiger partial charge in [-0.25, -0.2) is 9.98 Å². The second-order valence-corrected chi connectivity index (χ2v) is 5.74. The van der Waals surface area contributed by atoms with E-state index in [1.165, 1.54) is 17.7 Å². The lowest BCUT2D eigenvalue weighted by Gasteiger charge is -2.02. The smallest absolute Gasteiger partial charge is 0.258 e. The molecule has 0 amide bonds. The molecule has 3 aromatic carbocycles. The lowest BCUT2D eigenvalue weighted by Crippen LogP contribution is -1.98. The fraction of sp³-hybridized carbons (Fsp3) is 0.0476. The van der Waals surface area contributed by atoms with Crippen molar-refractivity contribution in [3.05, 3.63) is 106 Å². The molecule has 5 heteroatoms. The minimum Gasteiger partial charge on any atom is -0.258 e.